The maximum absolute atomic E-state index is 10.9. The zero-order chi connectivity index (χ0) is 13.5. The highest BCUT2D eigenvalue weighted by molar-refractivity contribution is 9.10. The molecule has 0 saturated carbocycles. The number of anilines is 1. The molecule has 0 fully saturated rings. The minimum absolute atomic E-state index is 0.0526. The van der Waals surface area contributed by atoms with E-state index in [0.29, 0.717) is 17.4 Å². The Morgan fingerprint density at radius 3 is 2.94 bits per heavy atom. The van der Waals surface area contributed by atoms with E-state index in [1.54, 1.807) is 0 Å². The van der Waals surface area contributed by atoms with Crippen LogP contribution in [0.5, 0.6) is 0 Å². The number of aliphatic hydroxyl groups is 1. The van der Waals surface area contributed by atoms with E-state index in [-0.39, 0.29) is 24.0 Å². The number of halogens is 1. The zero-order valence-corrected chi connectivity index (χ0v) is 11.7. The SMILES string of the molecule is CCC(CCO)CNc1ncc(Br)cc1[N+](=O)[O-]. The molecule has 0 amide bonds. The molecule has 1 unspecified atom stereocenters. The number of nitrogens with zero attached hydrogens (tertiary/aromatic N) is 2. The van der Waals surface area contributed by atoms with Gasteiger partial charge in [0.1, 0.15) is 0 Å². The van der Waals surface area contributed by atoms with Gasteiger partial charge in [-0.15, -0.1) is 0 Å². The lowest BCUT2D eigenvalue weighted by atomic mass is 10.0. The molecule has 2 N–H and O–H groups in total. The molecule has 0 bridgehead atoms. The largest absolute Gasteiger partial charge is 0.396 e. The van der Waals surface area contributed by atoms with Crippen LogP contribution in [0, 0.1) is 16.0 Å². The van der Waals surface area contributed by atoms with Crippen LogP contribution in [-0.4, -0.2) is 28.2 Å². The second-order valence-corrected chi connectivity index (χ2v) is 4.86. The third-order valence-electron chi connectivity index (χ3n) is 2.70. The molecule has 18 heavy (non-hydrogen) atoms. The van der Waals surface area contributed by atoms with Crippen molar-refractivity contribution < 1.29 is 10.0 Å². The number of nitro groups is 1. The third-order valence-corrected chi connectivity index (χ3v) is 3.14. The normalized spacial score (nSPS) is 12.2. The summed E-state index contributed by atoms with van der Waals surface area (Å²) in [5.74, 6) is 0.541. The molecular formula is C11H16BrN3O3. The summed E-state index contributed by atoms with van der Waals surface area (Å²) < 4.78 is 0.571. The van der Waals surface area contributed by atoms with Crippen molar-refractivity contribution in [3.63, 3.8) is 0 Å². The quantitative estimate of drug-likeness (QED) is 0.596. The maximum Gasteiger partial charge on any atom is 0.312 e. The van der Waals surface area contributed by atoms with Crippen LogP contribution in [0.2, 0.25) is 0 Å². The van der Waals surface area contributed by atoms with E-state index in [0.717, 1.165) is 6.42 Å². The molecule has 100 valence electrons. The lowest BCUT2D eigenvalue weighted by Gasteiger charge is -2.14. The van der Waals surface area contributed by atoms with Gasteiger partial charge in [-0.2, -0.15) is 0 Å². The maximum atomic E-state index is 10.9. The minimum Gasteiger partial charge on any atom is -0.396 e. The number of hydrogen-bond acceptors (Lipinski definition) is 5. The first kappa shape index (κ1) is 14.8. The molecule has 0 radical (unpaired) electrons. The highest BCUT2D eigenvalue weighted by Crippen LogP contribution is 2.25. The van der Waals surface area contributed by atoms with Gasteiger partial charge >= 0.3 is 5.69 Å². The van der Waals surface area contributed by atoms with Gasteiger partial charge in [0, 0.05) is 29.9 Å². The summed E-state index contributed by atoms with van der Waals surface area (Å²) in [6.07, 6.45) is 3.09. The smallest absolute Gasteiger partial charge is 0.312 e. The Bertz CT molecular complexity index is 415. The summed E-state index contributed by atoms with van der Waals surface area (Å²) in [4.78, 5) is 14.4. The molecule has 1 rings (SSSR count). The number of aromatic nitrogens is 1. The molecule has 1 heterocycles. The Labute approximate surface area is 114 Å². The Hall–Kier alpha value is -1.21. The van der Waals surface area contributed by atoms with E-state index >= 15 is 0 Å². The number of rotatable bonds is 7. The average Bonchev–Trinajstić information content (AvgIpc) is 2.35. The van der Waals surface area contributed by atoms with Gasteiger partial charge < -0.3 is 10.4 Å². The average molecular weight is 318 g/mol. The van der Waals surface area contributed by atoms with Crippen molar-refractivity contribution in [2.24, 2.45) is 5.92 Å². The summed E-state index contributed by atoms with van der Waals surface area (Å²) >= 11 is 3.16. The van der Waals surface area contributed by atoms with Crippen molar-refractivity contribution in [3.05, 3.63) is 26.9 Å². The van der Waals surface area contributed by atoms with Crippen LogP contribution in [0.3, 0.4) is 0 Å². The molecule has 0 aliphatic rings. The van der Waals surface area contributed by atoms with E-state index < -0.39 is 4.92 Å². The lowest BCUT2D eigenvalue weighted by molar-refractivity contribution is -0.384. The Morgan fingerprint density at radius 2 is 2.39 bits per heavy atom. The van der Waals surface area contributed by atoms with Gasteiger partial charge in [-0.3, -0.25) is 10.1 Å². The Kier molecular flexibility index (Phi) is 6.00. The number of nitrogens with one attached hydrogen (secondary N) is 1. The first-order valence-electron chi connectivity index (χ1n) is 5.73. The highest BCUT2D eigenvalue weighted by atomic mass is 79.9. The fraction of sp³-hybridized carbons (Fsp3) is 0.545. The monoisotopic (exact) mass is 317 g/mol. The molecular weight excluding hydrogens is 302 g/mol. The summed E-state index contributed by atoms with van der Waals surface area (Å²) in [6, 6.07) is 1.42. The topological polar surface area (TPSA) is 88.3 Å². The van der Waals surface area contributed by atoms with Gasteiger partial charge in [0.15, 0.2) is 0 Å². The zero-order valence-electron chi connectivity index (χ0n) is 10.1. The van der Waals surface area contributed by atoms with E-state index in [1.807, 2.05) is 6.92 Å². The van der Waals surface area contributed by atoms with Crippen molar-refractivity contribution in [1.82, 2.24) is 4.98 Å². The van der Waals surface area contributed by atoms with Crippen LogP contribution < -0.4 is 5.32 Å². The van der Waals surface area contributed by atoms with E-state index in [2.05, 4.69) is 26.2 Å². The van der Waals surface area contributed by atoms with Crippen molar-refractivity contribution in [2.45, 2.75) is 19.8 Å². The predicted octanol–water partition coefficient (Wildman–Crippen LogP) is 2.57. The Morgan fingerprint density at radius 1 is 1.67 bits per heavy atom. The first-order valence-corrected chi connectivity index (χ1v) is 6.52. The first-order chi connectivity index (χ1) is 8.58. The Balaban J connectivity index is 2.74. The van der Waals surface area contributed by atoms with Crippen LogP contribution in [0.15, 0.2) is 16.7 Å². The molecule has 7 heteroatoms. The molecule has 0 aliphatic carbocycles. The summed E-state index contributed by atoms with van der Waals surface area (Å²) in [6.45, 7) is 2.70. The number of pyridine rings is 1. The van der Waals surface area contributed by atoms with Gasteiger partial charge in [-0.25, -0.2) is 4.98 Å². The molecule has 1 aromatic rings. The van der Waals surface area contributed by atoms with Crippen LogP contribution in [0.4, 0.5) is 11.5 Å². The standard InChI is InChI=1S/C11H16BrN3O3/c1-2-8(3-4-16)6-13-11-10(15(17)18)5-9(12)7-14-11/h5,7-8,16H,2-4,6H2,1H3,(H,13,14). The van der Waals surface area contributed by atoms with Gasteiger partial charge in [0.2, 0.25) is 5.82 Å². The van der Waals surface area contributed by atoms with Crippen molar-refractivity contribution in [1.29, 1.82) is 0 Å². The van der Waals surface area contributed by atoms with E-state index in [1.165, 1.54) is 12.3 Å². The second-order valence-electron chi connectivity index (χ2n) is 3.95. The van der Waals surface area contributed by atoms with Crippen molar-refractivity contribution >= 4 is 27.4 Å². The molecule has 0 aromatic carbocycles. The predicted molar refractivity (Wildman–Crippen MR) is 72.6 cm³/mol. The molecule has 1 aromatic heterocycles. The van der Waals surface area contributed by atoms with Crippen LogP contribution in [0.25, 0.3) is 0 Å². The minimum atomic E-state index is -0.465. The van der Waals surface area contributed by atoms with Crippen LogP contribution in [0.1, 0.15) is 19.8 Å². The van der Waals surface area contributed by atoms with Crippen LogP contribution >= 0.6 is 15.9 Å². The summed E-state index contributed by atoms with van der Waals surface area (Å²) in [5.41, 5.74) is -0.0526. The van der Waals surface area contributed by atoms with Gasteiger partial charge in [0.25, 0.3) is 0 Å². The van der Waals surface area contributed by atoms with Gasteiger partial charge in [-0.1, -0.05) is 13.3 Å². The van der Waals surface area contributed by atoms with Crippen LogP contribution in [-0.2, 0) is 0 Å². The second kappa shape index (κ2) is 7.27. The molecule has 0 saturated heterocycles. The summed E-state index contributed by atoms with van der Waals surface area (Å²) in [7, 11) is 0. The van der Waals surface area contributed by atoms with Gasteiger partial charge in [0.05, 0.1) is 4.92 Å². The third kappa shape index (κ3) is 4.23. The summed E-state index contributed by atoms with van der Waals surface area (Å²) in [5, 5.41) is 22.7. The fourth-order valence-electron chi connectivity index (χ4n) is 1.58. The fourth-order valence-corrected chi connectivity index (χ4v) is 1.90. The molecule has 0 aliphatic heterocycles. The number of aliphatic hydroxyl groups excluding tert-OH is 1. The van der Waals surface area contributed by atoms with E-state index in [4.69, 9.17) is 5.11 Å². The molecule has 0 spiro atoms. The number of hydrogen-bond donors (Lipinski definition) is 2. The van der Waals surface area contributed by atoms with Crippen molar-refractivity contribution in [3.8, 4) is 0 Å². The lowest BCUT2D eigenvalue weighted by Crippen LogP contribution is -2.16. The van der Waals surface area contributed by atoms with Gasteiger partial charge in [-0.05, 0) is 28.3 Å². The van der Waals surface area contributed by atoms with Crippen molar-refractivity contribution in [2.75, 3.05) is 18.5 Å². The molecule has 6 nitrogen and oxygen atoms in total. The highest BCUT2D eigenvalue weighted by Gasteiger charge is 2.16. The molecule has 1 atom stereocenters. The van der Waals surface area contributed by atoms with E-state index in [9.17, 15) is 10.1 Å².